The fourth-order valence-corrected chi connectivity index (χ4v) is 4.25. The number of nitrogens with zero attached hydrogens (tertiary/aromatic N) is 3. The van der Waals surface area contributed by atoms with Crippen LogP contribution in [0, 0.1) is 17.0 Å². The lowest BCUT2D eigenvalue weighted by atomic mass is 10.2. The van der Waals surface area contributed by atoms with E-state index in [1.807, 2.05) is 0 Å². The minimum atomic E-state index is -3.87. The molecule has 0 unspecified atom stereocenters. The number of aromatic nitrogens is 2. The molecule has 0 aliphatic carbocycles. The normalized spacial score (nSPS) is 11.1. The minimum absolute atomic E-state index is 0.0447. The number of hydrogen-bond acceptors (Lipinski definition) is 8. The van der Waals surface area contributed by atoms with Gasteiger partial charge in [-0.3, -0.25) is 19.6 Å². The zero-order valence-electron chi connectivity index (χ0n) is 14.6. The summed E-state index contributed by atoms with van der Waals surface area (Å²) in [5, 5.41) is 21.6. The van der Waals surface area contributed by atoms with Crippen LogP contribution in [0.15, 0.2) is 47.4 Å². The third-order valence-corrected chi connectivity index (χ3v) is 6.14. The summed E-state index contributed by atoms with van der Waals surface area (Å²) in [6.45, 7) is 1.69. The number of carbonyl (C=O) groups is 1. The van der Waals surface area contributed by atoms with Crippen LogP contribution in [0.25, 0.3) is 0 Å². The van der Waals surface area contributed by atoms with Crippen molar-refractivity contribution >= 4 is 55.4 Å². The summed E-state index contributed by atoms with van der Waals surface area (Å²) in [6, 6.07) is 8.84. The number of sulfonamides is 1. The Morgan fingerprint density at radius 3 is 2.45 bits per heavy atom. The molecule has 150 valence electrons. The first-order valence-corrected chi connectivity index (χ1v) is 10.5. The van der Waals surface area contributed by atoms with E-state index in [1.165, 1.54) is 36.4 Å². The summed E-state index contributed by atoms with van der Waals surface area (Å²) < 4.78 is 27.1. The Hall–Kier alpha value is -3.09. The maximum atomic E-state index is 12.4. The van der Waals surface area contributed by atoms with Gasteiger partial charge in [-0.15, -0.1) is 10.2 Å². The highest BCUT2D eigenvalue weighted by atomic mass is 35.5. The number of nitrogens with one attached hydrogen (secondary N) is 2. The molecule has 0 saturated carbocycles. The van der Waals surface area contributed by atoms with Gasteiger partial charge in [0, 0.05) is 17.8 Å². The lowest BCUT2D eigenvalue weighted by molar-refractivity contribution is -0.384. The average molecular weight is 454 g/mol. The van der Waals surface area contributed by atoms with E-state index in [0.717, 1.165) is 17.4 Å². The van der Waals surface area contributed by atoms with Gasteiger partial charge in [0.15, 0.2) is 0 Å². The van der Waals surface area contributed by atoms with Gasteiger partial charge in [0.2, 0.25) is 5.13 Å². The molecule has 0 spiro atoms. The van der Waals surface area contributed by atoms with Crippen molar-refractivity contribution in [2.45, 2.75) is 11.8 Å². The number of carbonyl (C=O) groups excluding carboxylic acids is 1. The molecule has 10 nitrogen and oxygen atoms in total. The monoisotopic (exact) mass is 453 g/mol. The highest BCUT2D eigenvalue weighted by Gasteiger charge is 2.18. The molecule has 3 rings (SSSR count). The van der Waals surface area contributed by atoms with Crippen LogP contribution in [-0.2, 0) is 10.0 Å². The van der Waals surface area contributed by atoms with Crippen molar-refractivity contribution in [1.29, 1.82) is 0 Å². The van der Waals surface area contributed by atoms with Crippen molar-refractivity contribution in [2.75, 3.05) is 10.0 Å². The maximum absolute atomic E-state index is 12.4. The number of nitro groups is 1. The van der Waals surface area contributed by atoms with Crippen LogP contribution >= 0.6 is 22.9 Å². The Bertz CT molecular complexity index is 1190. The van der Waals surface area contributed by atoms with E-state index < -0.39 is 20.9 Å². The van der Waals surface area contributed by atoms with E-state index in [9.17, 15) is 23.3 Å². The van der Waals surface area contributed by atoms with Crippen molar-refractivity contribution in [2.24, 2.45) is 0 Å². The van der Waals surface area contributed by atoms with Gasteiger partial charge in [0.25, 0.3) is 21.6 Å². The Morgan fingerprint density at radius 2 is 1.86 bits per heavy atom. The third-order valence-electron chi connectivity index (χ3n) is 3.58. The Labute approximate surface area is 173 Å². The van der Waals surface area contributed by atoms with E-state index in [1.54, 1.807) is 6.92 Å². The SMILES string of the molecule is Cc1nnc(NS(=O)(=O)c2ccc(NC(=O)c3cc([N+](=O)[O-])ccc3Cl)cc2)s1. The number of anilines is 2. The number of hydrogen-bond donors (Lipinski definition) is 2. The second-order valence-corrected chi connectivity index (χ2v) is 8.90. The van der Waals surface area contributed by atoms with Gasteiger partial charge < -0.3 is 5.32 Å². The number of amides is 1. The molecule has 0 atom stereocenters. The summed E-state index contributed by atoms with van der Waals surface area (Å²) in [4.78, 5) is 22.6. The van der Waals surface area contributed by atoms with Gasteiger partial charge in [-0.2, -0.15) is 0 Å². The Balaban J connectivity index is 1.76. The zero-order chi connectivity index (χ0) is 21.2. The van der Waals surface area contributed by atoms with Crippen molar-refractivity contribution in [3.63, 3.8) is 0 Å². The van der Waals surface area contributed by atoms with Crippen LogP contribution in [0.1, 0.15) is 15.4 Å². The summed E-state index contributed by atoms with van der Waals surface area (Å²) in [6.07, 6.45) is 0. The summed E-state index contributed by atoms with van der Waals surface area (Å²) in [7, 11) is -3.87. The quantitative estimate of drug-likeness (QED) is 0.429. The lowest BCUT2D eigenvalue weighted by Gasteiger charge is -2.08. The second kappa shape index (κ2) is 8.11. The molecule has 2 N–H and O–H groups in total. The number of aryl methyl sites for hydroxylation is 1. The van der Waals surface area contributed by atoms with Crippen LogP contribution in [-0.4, -0.2) is 29.4 Å². The van der Waals surface area contributed by atoms with Crippen LogP contribution < -0.4 is 10.0 Å². The number of halogens is 1. The van der Waals surface area contributed by atoms with Crippen LogP contribution in [0.2, 0.25) is 5.02 Å². The second-order valence-electron chi connectivity index (χ2n) is 5.63. The molecule has 0 aliphatic heterocycles. The fourth-order valence-electron chi connectivity index (χ4n) is 2.23. The highest BCUT2D eigenvalue weighted by molar-refractivity contribution is 7.93. The van der Waals surface area contributed by atoms with E-state index in [0.29, 0.717) is 5.01 Å². The van der Waals surface area contributed by atoms with E-state index >= 15 is 0 Å². The smallest absolute Gasteiger partial charge is 0.270 e. The van der Waals surface area contributed by atoms with Gasteiger partial charge in [-0.05, 0) is 37.3 Å². The molecule has 29 heavy (non-hydrogen) atoms. The molecule has 2 aromatic carbocycles. The maximum Gasteiger partial charge on any atom is 0.270 e. The van der Waals surface area contributed by atoms with Crippen molar-refractivity contribution in [3.8, 4) is 0 Å². The average Bonchev–Trinajstić information content (AvgIpc) is 3.06. The summed E-state index contributed by atoms with van der Waals surface area (Å²) in [5.41, 5.74) is -0.0758. The summed E-state index contributed by atoms with van der Waals surface area (Å²) >= 11 is 7.04. The molecule has 3 aromatic rings. The largest absolute Gasteiger partial charge is 0.322 e. The van der Waals surface area contributed by atoms with E-state index in [4.69, 9.17) is 11.6 Å². The van der Waals surface area contributed by atoms with Gasteiger partial charge in [-0.25, -0.2) is 8.42 Å². The Morgan fingerprint density at radius 1 is 1.17 bits per heavy atom. The number of nitro benzene ring substituents is 1. The van der Waals surface area contributed by atoms with Crippen molar-refractivity contribution in [1.82, 2.24) is 10.2 Å². The molecule has 0 aliphatic rings. The standard InChI is InChI=1S/C16H12ClN5O5S2/c1-9-19-20-16(28-9)21-29(26,27)12-5-2-10(3-6-12)18-15(23)13-8-11(22(24)25)4-7-14(13)17/h2-8H,1H3,(H,18,23)(H,20,21). The molecule has 0 saturated heterocycles. The minimum Gasteiger partial charge on any atom is -0.322 e. The topological polar surface area (TPSA) is 144 Å². The van der Waals surface area contributed by atoms with Crippen LogP contribution in [0.5, 0.6) is 0 Å². The molecule has 0 bridgehead atoms. The highest BCUT2D eigenvalue weighted by Crippen LogP contribution is 2.24. The van der Waals surface area contributed by atoms with E-state index in [-0.39, 0.29) is 32.0 Å². The zero-order valence-corrected chi connectivity index (χ0v) is 17.0. The molecule has 1 heterocycles. The number of non-ortho nitro benzene ring substituents is 1. The molecule has 1 amide bonds. The molecule has 1 aromatic heterocycles. The van der Waals surface area contributed by atoms with Gasteiger partial charge in [-0.1, -0.05) is 22.9 Å². The van der Waals surface area contributed by atoms with E-state index in [2.05, 4.69) is 20.2 Å². The van der Waals surface area contributed by atoms with Crippen molar-refractivity contribution in [3.05, 3.63) is 68.2 Å². The fraction of sp³-hybridized carbons (Fsp3) is 0.0625. The van der Waals surface area contributed by atoms with Gasteiger partial charge in [0.1, 0.15) is 5.01 Å². The van der Waals surface area contributed by atoms with Gasteiger partial charge in [0.05, 0.1) is 20.4 Å². The first-order valence-electron chi connectivity index (χ1n) is 7.84. The third kappa shape index (κ3) is 4.85. The molecular formula is C16H12ClN5O5S2. The first kappa shape index (κ1) is 20.6. The predicted molar refractivity (Wildman–Crippen MR) is 108 cm³/mol. The van der Waals surface area contributed by atoms with Crippen molar-refractivity contribution < 1.29 is 18.1 Å². The predicted octanol–water partition coefficient (Wildman–Crippen LogP) is 3.46. The molecule has 0 radical (unpaired) electrons. The van der Waals surface area contributed by atoms with Crippen LogP contribution in [0.4, 0.5) is 16.5 Å². The first-order chi connectivity index (χ1) is 13.7. The molecule has 0 fully saturated rings. The number of benzene rings is 2. The number of rotatable bonds is 6. The molecular weight excluding hydrogens is 442 g/mol. The summed E-state index contributed by atoms with van der Waals surface area (Å²) in [5.74, 6) is -0.670. The Kier molecular flexibility index (Phi) is 5.77. The lowest BCUT2D eigenvalue weighted by Crippen LogP contribution is -2.14. The van der Waals surface area contributed by atoms with Crippen LogP contribution in [0.3, 0.4) is 0 Å². The molecule has 13 heteroatoms. The van der Waals surface area contributed by atoms with Gasteiger partial charge >= 0.3 is 0 Å².